The van der Waals surface area contributed by atoms with E-state index >= 15 is 0 Å². The van der Waals surface area contributed by atoms with E-state index in [1.165, 1.54) is 9.75 Å². The molecule has 0 aromatic carbocycles. The van der Waals surface area contributed by atoms with Crippen LogP contribution >= 0.6 is 11.3 Å². The van der Waals surface area contributed by atoms with Gasteiger partial charge in [0, 0.05) is 9.75 Å². The summed E-state index contributed by atoms with van der Waals surface area (Å²) in [7, 11) is 0. The summed E-state index contributed by atoms with van der Waals surface area (Å²) >= 11 is 1.70. The van der Waals surface area contributed by atoms with Gasteiger partial charge in [-0.3, -0.25) is 4.79 Å². The molecule has 0 atom stereocenters. The molecule has 1 fully saturated rings. The molecule has 0 spiro atoms. The Morgan fingerprint density at radius 1 is 1.50 bits per heavy atom. The molecule has 1 N–H and O–H groups in total. The molecule has 1 aliphatic carbocycles. The van der Waals surface area contributed by atoms with Crippen LogP contribution in [0.2, 0.25) is 0 Å². The van der Waals surface area contributed by atoms with Crippen LogP contribution in [0.1, 0.15) is 34.6 Å². The molecule has 3 heteroatoms. The quantitative estimate of drug-likeness (QED) is 0.815. The number of aryl methyl sites for hydroxylation is 2. The van der Waals surface area contributed by atoms with Gasteiger partial charge in [0.2, 0.25) is 0 Å². The number of carboxylic acid groups (broad SMARTS) is 1. The number of carboxylic acids is 1. The third-order valence-corrected chi connectivity index (χ3v) is 4.14. The van der Waals surface area contributed by atoms with Crippen LogP contribution < -0.4 is 0 Å². The Bertz CT molecular complexity index is 375. The Morgan fingerprint density at radius 3 is 2.43 bits per heavy atom. The van der Waals surface area contributed by atoms with E-state index in [2.05, 4.69) is 0 Å². The smallest absolute Gasteiger partial charge is 0.314 e. The molecule has 1 saturated carbocycles. The largest absolute Gasteiger partial charge is 0.481 e. The Balaban J connectivity index is 2.46. The summed E-state index contributed by atoms with van der Waals surface area (Å²) in [6.45, 7) is 4.06. The van der Waals surface area contributed by atoms with Gasteiger partial charge in [-0.05, 0) is 38.3 Å². The van der Waals surface area contributed by atoms with Gasteiger partial charge in [-0.25, -0.2) is 0 Å². The second kappa shape index (κ2) is 3.09. The zero-order chi connectivity index (χ0) is 10.3. The highest BCUT2D eigenvalue weighted by Crippen LogP contribution is 2.46. The minimum Gasteiger partial charge on any atom is -0.481 e. The monoisotopic (exact) mass is 210 g/mol. The molecule has 1 aromatic heterocycles. The van der Waals surface area contributed by atoms with Gasteiger partial charge in [0.15, 0.2) is 0 Å². The lowest BCUT2D eigenvalue weighted by atomic mass is 9.64. The second-order valence-corrected chi connectivity index (χ2v) is 5.53. The third-order valence-electron chi connectivity index (χ3n) is 3.17. The minimum absolute atomic E-state index is 0.547. The van der Waals surface area contributed by atoms with E-state index in [-0.39, 0.29) is 0 Å². The molecule has 0 saturated heterocycles. The summed E-state index contributed by atoms with van der Waals surface area (Å²) in [6, 6.07) is 2.05. The Morgan fingerprint density at radius 2 is 2.14 bits per heavy atom. The lowest BCUT2D eigenvalue weighted by Crippen LogP contribution is -2.42. The molecule has 14 heavy (non-hydrogen) atoms. The average molecular weight is 210 g/mol. The molecule has 0 radical (unpaired) electrons. The van der Waals surface area contributed by atoms with Crippen molar-refractivity contribution in [2.45, 2.75) is 38.5 Å². The van der Waals surface area contributed by atoms with Crippen molar-refractivity contribution in [1.29, 1.82) is 0 Å². The Hall–Kier alpha value is -0.830. The molecule has 1 aromatic rings. The highest BCUT2D eigenvalue weighted by Gasteiger charge is 2.47. The van der Waals surface area contributed by atoms with Gasteiger partial charge >= 0.3 is 5.97 Å². The Labute approximate surface area is 87.6 Å². The van der Waals surface area contributed by atoms with Crippen LogP contribution in [-0.4, -0.2) is 11.1 Å². The molecule has 0 unspecified atom stereocenters. The fourth-order valence-corrected chi connectivity index (χ4v) is 3.26. The maximum atomic E-state index is 11.3. The topological polar surface area (TPSA) is 37.3 Å². The van der Waals surface area contributed by atoms with Gasteiger partial charge in [0.05, 0.1) is 5.41 Å². The molecular formula is C11H14O2S. The number of hydrogen-bond donors (Lipinski definition) is 1. The van der Waals surface area contributed by atoms with Crippen LogP contribution in [-0.2, 0) is 10.2 Å². The van der Waals surface area contributed by atoms with Crippen LogP contribution in [0.4, 0.5) is 0 Å². The minimum atomic E-state index is -0.648. The van der Waals surface area contributed by atoms with Crippen LogP contribution in [0.25, 0.3) is 0 Å². The van der Waals surface area contributed by atoms with E-state index in [0.717, 1.165) is 24.8 Å². The van der Waals surface area contributed by atoms with Crippen molar-refractivity contribution in [3.05, 3.63) is 21.4 Å². The summed E-state index contributed by atoms with van der Waals surface area (Å²) in [5, 5.41) is 9.28. The fraction of sp³-hybridized carbons (Fsp3) is 0.545. The first-order valence-corrected chi connectivity index (χ1v) is 5.69. The standard InChI is InChI=1S/C11H14O2S/c1-7-6-9(8(2)14-7)11(10(12)13)4-3-5-11/h6H,3-5H2,1-2H3,(H,12,13). The summed E-state index contributed by atoms with van der Waals surface area (Å²) in [5.74, 6) is -0.648. The van der Waals surface area contributed by atoms with Crippen LogP contribution in [0.15, 0.2) is 6.07 Å². The molecule has 2 nitrogen and oxygen atoms in total. The van der Waals surface area contributed by atoms with E-state index in [1.807, 2.05) is 19.9 Å². The number of aliphatic carboxylic acids is 1. The maximum Gasteiger partial charge on any atom is 0.314 e. The van der Waals surface area contributed by atoms with Gasteiger partial charge < -0.3 is 5.11 Å². The van der Waals surface area contributed by atoms with Crippen molar-refractivity contribution in [3.8, 4) is 0 Å². The number of rotatable bonds is 2. The first-order valence-electron chi connectivity index (χ1n) is 4.87. The van der Waals surface area contributed by atoms with Crippen LogP contribution in [0.5, 0.6) is 0 Å². The molecule has 76 valence electrons. The summed E-state index contributed by atoms with van der Waals surface area (Å²) in [5.41, 5.74) is 0.508. The fourth-order valence-electron chi connectivity index (χ4n) is 2.23. The zero-order valence-corrected chi connectivity index (χ0v) is 9.28. The van der Waals surface area contributed by atoms with Crippen LogP contribution in [0, 0.1) is 13.8 Å². The maximum absolute atomic E-state index is 11.3. The highest BCUT2D eigenvalue weighted by atomic mass is 32.1. The van der Waals surface area contributed by atoms with Crippen molar-refractivity contribution in [1.82, 2.24) is 0 Å². The molecule has 2 rings (SSSR count). The van der Waals surface area contributed by atoms with Crippen molar-refractivity contribution < 1.29 is 9.90 Å². The normalized spacial score (nSPS) is 19.0. The second-order valence-electron chi connectivity index (χ2n) is 4.07. The lowest BCUT2D eigenvalue weighted by Gasteiger charge is -2.37. The van der Waals surface area contributed by atoms with Gasteiger partial charge in [-0.15, -0.1) is 11.3 Å². The first-order chi connectivity index (χ1) is 6.56. The van der Waals surface area contributed by atoms with Crippen molar-refractivity contribution >= 4 is 17.3 Å². The number of hydrogen-bond acceptors (Lipinski definition) is 2. The van der Waals surface area contributed by atoms with Crippen LogP contribution in [0.3, 0.4) is 0 Å². The van der Waals surface area contributed by atoms with E-state index in [9.17, 15) is 9.90 Å². The lowest BCUT2D eigenvalue weighted by molar-refractivity contribution is -0.147. The van der Waals surface area contributed by atoms with Crippen molar-refractivity contribution in [3.63, 3.8) is 0 Å². The van der Waals surface area contributed by atoms with Gasteiger partial charge in [0.1, 0.15) is 0 Å². The predicted octanol–water partition coefficient (Wildman–Crippen LogP) is 2.87. The van der Waals surface area contributed by atoms with Gasteiger partial charge in [-0.2, -0.15) is 0 Å². The Kier molecular flexibility index (Phi) is 2.14. The number of carbonyl (C=O) groups is 1. The molecular weight excluding hydrogens is 196 g/mol. The molecule has 0 aliphatic heterocycles. The first kappa shape index (κ1) is 9.71. The third kappa shape index (κ3) is 1.19. The summed E-state index contributed by atoms with van der Waals surface area (Å²) in [4.78, 5) is 13.7. The summed E-state index contributed by atoms with van der Waals surface area (Å²) < 4.78 is 0. The molecule has 0 amide bonds. The number of thiophene rings is 1. The molecule has 0 bridgehead atoms. The van der Waals surface area contributed by atoms with Gasteiger partial charge in [-0.1, -0.05) is 6.42 Å². The zero-order valence-electron chi connectivity index (χ0n) is 8.46. The van der Waals surface area contributed by atoms with E-state index in [1.54, 1.807) is 11.3 Å². The van der Waals surface area contributed by atoms with E-state index < -0.39 is 11.4 Å². The molecule has 1 heterocycles. The van der Waals surface area contributed by atoms with Crippen molar-refractivity contribution in [2.24, 2.45) is 0 Å². The average Bonchev–Trinajstić information content (AvgIpc) is 2.27. The van der Waals surface area contributed by atoms with E-state index in [4.69, 9.17) is 0 Å². The van der Waals surface area contributed by atoms with E-state index in [0.29, 0.717) is 0 Å². The predicted molar refractivity (Wildman–Crippen MR) is 57.0 cm³/mol. The molecule has 1 aliphatic rings. The highest BCUT2D eigenvalue weighted by molar-refractivity contribution is 7.12. The summed E-state index contributed by atoms with van der Waals surface area (Å²) in [6.07, 6.45) is 2.65. The van der Waals surface area contributed by atoms with Crippen molar-refractivity contribution in [2.75, 3.05) is 0 Å². The van der Waals surface area contributed by atoms with Gasteiger partial charge in [0.25, 0.3) is 0 Å². The SMILES string of the molecule is Cc1cc(C2(C(=O)O)CCC2)c(C)s1.